The molecule has 1 atom stereocenters. The normalized spacial score (nSPS) is 16.7. The lowest BCUT2D eigenvalue weighted by atomic mass is 9.96. The molecule has 2 amide bonds. The summed E-state index contributed by atoms with van der Waals surface area (Å²) in [4.78, 5) is 38.7. The fraction of sp³-hybridized carbons (Fsp3) is 0.385. The minimum absolute atomic E-state index is 0.0579. The maximum absolute atomic E-state index is 13.4. The smallest absolute Gasteiger partial charge is 0.272 e. The third-order valence-corrected chi connectivity index (χ3v) is 6.23. The first kappa shape index (κ1) is 22.7. The van der Waals surface area contributed by atoms with E-state index in [2.05, 4.69) is 41.2 Å². The first-order valence-electron chi connectivity index (χ1n) is 11.7. The van der Waals surface area contributed by atoms with Crippen molar-refractivity contribution >= 4 is 11.8 Å². The summed E-state index contributed by atoms with van der Waals surface area (Å²) >= 11 is 0. The summed E-state index contributed by atoms with van der Waals surface area (Å²) in [5, 5.41) is 0. The second-order valence-corrected chi connectivity index (χ2v) is 8.48. The van der Waals surface area contributed by atoms with Crippen LogP contribution in [0.4, 0.5) is 0 Å². The second-order valence-electron chi connectivity index (χ2n) is 8.48. The summed E-state index contributed by atoms with van der Waals surface area (Å²) in [6, 6.07) is 12.2. The van der Waals surface area contributed by atoms with E-state index >= 15 is 0 Å². The van der Waals surface area contributed by atoms with Crippen molar-refractivity contribution in [1.29, 1.82) is 0 Å². The summed E-state index contributed by atoms with van der Waals surface area (Å²) in [6.45, 7) is 6.98. The molecule has 0 spiro atoms. The molecule has 7 nitrogen and oxygen atoms in total. The minimum atomic E-state index is -0.273. The SMILES string of the molecule is CCCN1CCN(C(=O)c2cncn2CC)CC(Cc2ccc(-c3cccnc3)cc2)C1=O. The summed E-state index contributed by atoms with van der Waals surface area (Å²) in [5.74, 6) is -0.199. The van der Waals surface area contributed by atoms with E-state index in [0.29, 0.717) is 44.8 Å². The average Bonchev–Trinajstić information content (AvgIpc) is 3.28. The molecule has 1 fully saturated rings. The van der Waals surface area contributed by atoms with E-state index in [1.54, 1.807) is 18.7 Å². The fourth-order valence-corrected chi connectivity index (χ4v) is 4.44. The molecule has 0 N–H and O–H groups in total. The molecule has 0 saturated carbocycles. The topological polar surface area (TPSA) is 71.3 Å². The average molecular weight is 446 g/mol. The van der Waals surface area contributed by atoms with Gasteiger partial charge in [-0.25, -0.2) is 4.98 Å². The first-order chi connectivity index (χ1) is 16.1. The Labute approximate surface area is 195 Å². The van der Waals surface area contributed by atoms with Gasteiger partial charge in [-0.2, -0.15) is 0 Å². The minimum Gasteiger partial charge on any atom is -0.341 e. The predicted octanol–water partition coefficient (Wildman–Crippen LogP) is 3.52. The van der Waals surface area contributed by atoms with Gasteiger partial charge in [-0.3, -0.25) is 14.6 Å². The summed E-state index contributed by atoms with van der Waals surface area (Å²) in [5.41, 5.74) is 3.82. The maximum Gasteiger partial charge on any atom is 0.272 e. The molecule has 0 bridgehead atoms. The molecule has 0 radical (unpaired) electrons. The quantitative estimate of drug-likeness (QED) is 0.558. The van der Waals surface area contributed by atoms with Crippen LogP contribution in [0.2, 0.25) is 0 Å². The van der Waals surface area contributed by atoms with E-state index < -0.39 is 0 Å². The lowest BCUT2D eigenvalue weighted by molar-refractivity contribution is -0.134. The fourth-order valence-electron chi connectivity index (χ4n) is 4.44. The monoisotopic (exact) mass is 445 g/mol. The number of aryl methyl sites for hydroxylation is 1. The van der Waals surface area contributed by atoms with Crippen LogP contribution in [0.5, 0.6) is 0 Å². The number of hydrogen-bond acceptors (Lipinski definition) is 4. The van der Waals surface area contributed by atoms with Gasteiger partial charge in [0.2, 0.25) is 5.91 Å². The zero-order valence-corrected chi connectivity index (χ0v) is 19.4. The van der Waals surface area contributed by atoms with Crippen LogP contribution in [0, 0.1) is 5.92 Å². The van der Waals surface area contributed by atoms with Gasteiger partial charge in [0.1, 0.15) is 5.69 Å². The first-order valence-corrected chi connectivity index (χ1v) is 11.7. The molecule has 0 aliphatic carbocycles. The third kappa shape index (κ3) is 5.13. The van der Waals surface area contributed by atoms with Gasteiger partial charge in [0.15, 0.2) is 0 Å². The number of carbonyl (C=O) groups excluding carboxylic acids is 2. The van der Waals surface area contributed by atoms with Gasteiger partial charge in [0.25, 0.3) is 5.91 Å². The molecule has 1 saturated heterocycles. The van der Waals surface area contributed by atoms with Crippen molar-refractivity contribution in [3.63, 3.8) is 0 Å². The molecular formula is C26H31N5O2. The number of carbonyl (C=O) groups is 2. The zero-order chi connectivity index (χ0) is 23.2. The highest BCUT2D eigenvalue weighted by molar-refractivity contribution is 5.93. The molecule has 3 heterocycles. The Balaban J connectivity index is 1.54. The number of imidazole rings is 1. The van der Waals surface area contributed by atoms with Crippen LogP contribution in [-0.2, 0) is 17.8 Å². The number of amides is 2. The van der Waals surface area contributed by atoms with E-state index in [1.807, 2.05) is 39.6 Å². The number of hydrogen-bond donors (Lipinski definition) is 0. The molecule has 7 heteroatoms. The number of aromatic nitrogens is 3. The van der Waals surface area contributed by atoms with E-state index in [1.165, 1.54) is 0 Å². The molecule has 1 aliphatic rings. The van der Waals surface area contributed by atoms with Crippen LogP contribution in [0.25, 0.3) is 11.1 Å². The van der Waals surface area contributed by atoms with Gasteiger partial charge in [-0.15, -0.1) is 0 Å². The van der Waals surface area contributed by atoms with Crippen molar-refractivity contribution in [2.45, 2.75) is 33.2 Å². The van der Waals surface area contributed by atoms with Crippen molar-refractivity contribution in [2.24, 2.45) is 5.92 Å². The largest absolute Gasteiger partial charge is 0.341 e. The Morgan fingerprint density at radius 1 is 1.03 bits per heavy atom. The summed E-state index contributed by atoms with van der Waals surface area (Å²) in [7, 11) is 0. The molecule has 172 valence electrons. The van der Waals surface area contributed by atoms with Crippen molar-refractivity contribution in [3.05, 3.63) is 72.6 Å². The standard InChI is InChI=1S/C26H31N5O2/c1-3-12-30-13-14-31(26(33)24-17-28-19-29(24)4-2)18-23(25(30)32)15-20-7-9-21(10-8-20)22-6-5-11-27-16-22/h5-11,16-17,19,23H,3-4,12-15,18H2,1-2H3. The van der Waals surface area contributed by atoms with Gasteiger partial charge in [0, 0.05) is 45.1 Å². The molecule has 2 aromatic heterocycles. The van der Waals surface area contributed by atoms with Gasteiger partial charge < -0.3 is 14.4 Å². The second kappa shape index (κ2) is 10.4. The van der Waals surface area contributed by atoms with Crippen LogP contribution in [-0.4, -0.2) is 62.3 Å². The van der Waals surface area contributed by atoms with Crippen LogP contribution in [0.1, 0.15) is 36.3 Å². The highest BCUT2D eigenvalue weighted by Crippen LogP contribution is 2.22. The van der Waals surface area contributed by atoms with E-state index in [-0.39, 0.29) is 17.7 Å². The predicted molar refractivity (Wildman–Crippen MR) is 128 cm³/mol. The number of nitrogens with zero attached hydrogens (tertiary/aromatic N) is 5. The van der Waals surface area contributed by atoms with Gasteiger partial charge >= 0.3 is 0 Å². The number of rotatable bonds is 7. The van der Waals surface area contributed by atoms with Gasteiger partial charge in [0.05, 0.1) is 18.4 Å². The number of pyridine rings is 1. The van der Waals surface area contributed by atoms with Crippen LogP contribution >= 0.6 is 0 Å². The molecule has 33 heavy (non-hydrogen) atoms. The van der Waals surface area contributed by atoms with Gasteiger partial charge in [-0.1, -0.05) is 37.3 Å². The Morgan fingerprint density at radius 2 is 1.85 bits per heavy atom. The zero-order valence-electron chi connectivity index (χ0n) is 19.4. The Bertz CT molecular complexity index is 1080. The molecular weight excluding hydrogens is 414 g/mol. The van der Waals surface area contributed by atoms with Crippen molar-refractivity contribution in [1.82, 2.24) is 24.3 Å². The van der Waals surface area contributed by atoms with Crippen molar-refractivity contribution in [2.75, 3.05) is 26.2 Å². The Morgan fingerprint density at radius 3 is 2.55 bits per heavy atom. The van der Waals surface area contributed by atoms with E-state index in [9.17, 15) is 9.59 Å². The summed E-state index contributed by atoms with van der Waals surface area (Å²) in [6.07, 6.45) is 8.41. The van der Waals surface area contributed by atoms with Gasteiger partial charge in [-0.05, 0) is 42.5 Å². The number of benzene rings is 1. The maximum atomic E-state index is 13.4. The lowest BCUT2D eigenvalue weighted by Crippen LogP contribution is -2.38. The molecule has 1 unspecified atom stereocenters. The third-order valence-electron chi connectivity index (χ3n) is 6.23. The van der Waals surface area contributed by atoms with E-state index in [0.717, 1.165) is 23.1 Å². The highest BCUT2D eigenvalue weighted by atomic mass is 16.2. The Kier molecular flexibility index (Phi) is 7.17. The molecule has 4 rings (SSSR count). The van der Waals surface area contributed by atoms with Crippen LogP contribution < -0.4 is 0 Å². The van der Waals surface area contributed by atoms with Crippen molar-refractivity contribution in [3.8, 4) is 11.1 Å². The van der Waals surface area contributed by atoms with E-state index in [4.69, 9.17) is 0 Å². The molecule has 1 aliphatic heterocycles. The lowest BCUT2D eigenvalue weighted by Gasteiger charge is -2.24. The summed E-state index contributed by atoms with van der Waals surface area (Å²) < 4.78 is 1.85. The molecule has 1 aromatic carbocycles. The highest BCUT2D eigenvalue weighted by Gasteiger charge is 2.33. The van der Waals surface area contributed by atoms with Crippen LogP contribution in [0.15, 0.2) is 61.3 Å². The van der Waals surface area contributed by atoms with Crippen LogP contribution in [0.3, 0.4) is 0 Å². The van der Waals surface area contributed by atoms with Crippen molar-refractivity contribution < 1.29 is 9.59 Å². The Hall–Kier alpha value is -3.48. The molecule has 3 aromatic rings.